The van der Waals surface area contributed by atoms with Crippen molar-refractivity contribution in [3.05, 3.63) is 83.7 Å². The molecule has 220 valence electrons. The summed E-state index contributed by atoms with van der Waals surface area (Å²) < 4.78 is 90.5. The molecule has 0 aromatic heterocycles. The molecule has 8 heteroatoms. The molecule has 2 saturated carbocycles. The molecule has 0 aliphatic heterocycles. The van der Waals surface area contributed by atoms with E-state index in [1.165, 1.54) is 37.3 Å². The molecule has 2 aliphatic rings. The molecule has 0 N–H and O–H groups in total. The van der Waals surface area contributed by atoms with Gasteiger partial charge in [0.05, 0.1) is 5.92 Å². The Labute approximate surface area is 236 Å². The molecule has 0 radical (unpaired) electrons. The summed E-state index contributed by atoms with van der Waals surface area (Å²) in [5.74, 6) is -0.985. The zero-order valence-electron chi connectivity index (χ0n) is 22.9. The van der Waals surface area contributed by atoms with Gasteiger partial charge in [0, 0.05) is 0 Å². The van der Waals surface area contributed by atoms with Gasteiger partial charge in [-0.1, -0.05) is 56.2 Å². The van der Waals surface area contributed by atoms with E-state index in [-0.39, 0.29) is 30.3 Å². The van der Waals surface area contributed by atoms with E-state index in [0.29, 0.717) is 24.3 Å². The van der Waals surface area contributed by atoms with Gasteiger partial charge in [0.1, 0.15) is 17.3 Å². The second kappa shape index (κ2) is 12.0. The smallest absolute Gasteiger partial charge is 0.432 e. The molecule has 0 unspecified atom stereocenters. The predicted octanol–water partition coefficient (Wildman–Crippen LogP) is 10.6. The minimum absolute atomic E-state index is 0.134. The van der Waals surface area contributed by atoms with Crippen LogP contribution in [0.1, 0.15) is 81.3 Å². The van der Waals surface area contributed by atoms with Gasteiger partial charge < -0.3 is 9.47 Å². The van der Waals surface area contributed by atoms with Crippen molar-refractivity contribution >= 4 is 0 Å². The van der Waals surface area contributed by atoms with Crippen LogP contribution in [0.15, 0.2) is 66.7 Å². The molecule has 0 saturated heterocycles. The lowest BCUT2D eigenvalue weighted by atomic mass is 9.77. The van der Waals surface area contributed by atoms with Crippen molar-refractivity contribution in [3.63, 3.8) is 0 Å². The van der Waals surface area contributed by atoms with Gasteiger partial charge >= 0.3 is 12.5 Å². The second-order valence-corrected chi connectivity index (χ2v) is 11.5. The summed E-state index contributed by atoms with van der Waals surface area (Å²) in [6, 6.07) is 17.5. The second-order valence-electron chi connectivity index (χ2n) is 11.5. The van der Waals surface area contributed by atoms with Crippen molar-refractivity contribution in [2.75, 3.05) is 0 Å². The van der Waals surface area contributed by atoms with Gasteiger partial charge in [-0.3, -0.25) is 0 Å². The number of alkyl halides is 5. The molecule has 3 aromatic carbocycles. The van der Waals surface area contributed by atoms with Crippen LogP contribution in [0.2, 0.25) is 0 Å². The first-order chi connectivity index (χ1) is 19.5. The monoisotopic (exact) mass is 576 g/mol. The Hall–Kier alpha value is -3.16. The van der Waals surface area contributed by atoms with E-state index in [4.69, 9.17) is 4.74 Å². The molecular weight excluding hydrogens is 542 g/mol. The minimum Gasteiger partial charge on any atom is -0.432 e. The first kappa shape index (κ1) is 29.3. The van der Waals surface area contributed by atoms with Gasteiger partial charge in [-0.05, 0) is 109 Å². The van der Waals surface area contributed by atoms with E-state index in [1.807, 2.05) is 18.2 Å². The van der Waals surface area contributed by atoms with Crippen molar-refractivity contribution in [3.8, 4) is 22.6 Å². The third-order valence-corrected chi connectivity index (χ3v) is 8.69. The lowest BCUT2D eigenvalue weighted by Gasteiger charge is -2.33. The van der Waals surface area contributed by atoms with Crippen LogP contribution in [-0.2, 0) is 0 Å². The van der Waals surface area contributed by atoms with Crippen LogP contribution in [-0.4, -0.2) is 12.5 Å². The Morgan fingerprint density at radius 2 is 1.15 bits per heavy atom. The van der Waals surface area contributed by atoms with Crippen LogP contribution in [0.3, 0.4) is 0 Å². The highest BCUT2D eigenvalue weighted by Gasteiger charge is 2.44. The van der Waals surface area contributed by atoms with Crippen molar-refractivity contribution < 1.29 is 35.8 Å². The maximum absolute atomic E-state index is 15.2. The first-order valence-corrected chi connectivity index (χ1v) is 14.3. The average molecular weight is 577 g/mol. The normalized spacial score (nSPS) is 23.7. The van der Waals surface area contributed by atoms with E-state index in [9.17, 15) is 22.0 Å². The van der Waals surface area contributed by atoms with Gasteiger partial charge in [-0.25, -0.2) is 4.39 Å². The number of halogens is 6. The molecule has 0 atom stereocenters. The Balaban J connectivity index is 1.17. The lowest BCUT2D eigenvalue weighted by molar-refractivity contribution is -0.274. The van der Waals surface area contributed by atoms with Crippen molar-refractivity contribution in [1.82, 2.24) is 0 Å². The van der Waals surface area contributed by atoms with Gasteiger partial charge in [0.2, 0.25) is 0 Å². The Kier molecular flexibility index (Phi) is 8.57. The highest BCUT2D eigenvalue weighted by atomic mass is 19.4. The maximum Gasteiger partial charge on any atom is 0.573 e. The summed E-state index contributed by atoms with van der Waals surface area (Å²) in [4.78, 5) is 0. The summed E-state index contributed by atoms with van der Waals surface area (Å²) in [7, 11) is 0. The summed E-state index contributed by atoms with van der Waals surface area (Å²) in [6.07, 6.45) is -2.43. The molecule has 2 aliphatic carbocycles. The Morgan fingerprint density at radius 3 is 1.71 bits per heavy atom. The van der Waals surface area contributed by atoms with E-state index in [1.54, 1.807) is 6.07 Å². The van der Waals surface area contributed by atoms with Gasteiger partial charge in [-0.2, -0.15) is 8.78 Å². The Morgan fingerprint density at radius 1 is 0.610 bits per heavy atom. The molecule has 41 heavy (non-hydrogen) atoms. The fraction of sp³-hybridized carbons (Fsp3) is 0.455. The number of hydrogen-bond acceptors (Lipinski definition) is 2. The minimum atomic E-state index is -4.87. The SMILES string of the molecule is CC1CCC(c2ccc(-c3ccc(C4CCC(C(F)(F)Oc5ccc(OC(F)(F)F)cc5)CC4)c(F)c3)cc2)CC1. The average Bonchev–Trinajstić information content (AvgIpc) is 2.94. The predicted molar refractivity (Wildman–Crippen MR) is 146 cm³/mol. The van der Waals surface area contributed by atoms with Gasteiger partial charge in [0.25, 0.3) is 0 Å². The van der Waals surface area contributed by atoms with Crippen LogP contribution in [0.4, 0.5) is 26.3 Å². The van der Waals surface area contributed by atoms with Crippen LogP contribution in [0.5, 0.6) is 11.5 Å². The van der Waals surface area contributed by atoms with E-state index in [2.05, 4.69) is 23.8 Å². The quantitative estimate of drug-likeness (QED) is 0.261. The summed E-state index contributed by atoms with van der Waals surface area (Å²) in [5, 5.41) is 0. The third-order valence-electron chi connectivity index (χ3n) is 8.69. The maximum atomic E-state index is 15.2. The third kappa shape index (κ3) is 7.38. The standard InChI is InChI=1S/C33H34F6O2/c1-21-2-4-22(5-3-21)23-6-8-24(9-7-23)26-12-19-30(31(34)20-26)25-10-13-27(14-11-25)32(35,36)40-28-15-17-29(18-16-28)41-33(37,38)39/h6-9,12,15-22,25,27H,2-5,10-11,13-14H2,1H3. The molecule has 0 amide bonds. The molecule has 0 spiro atoms. The van der Waals surface area contributed by atoms with E-state index < -0.39 is 24.1 Å². The van der Waals surface area contributed by atoms with Crippen LogP contribution < -0.4 is 9.47 Å². The lowest BCUT2D eigenvalue weighted by Crippen LogP contribution is -2.37. The topological polar surface area (TPSA) is 18.5 Å². The molecular formula is C33H34F6O2. The van der Waals surface area contributed by atoms with Crippen LogP contribution >= 0.6 is 0 Å². The van der Waals surface area contributed by atoms with Crippen LogP contribution in [0, 0.1) is 17.7 Å². The molecule has 5 rings (SSSR count). The fourth-order valence-electron chi connectivity index (χ4n) is 6.27. The zero-order chi connectivity index (χ0) is 29.2. The van der Waals surface area contributed by atoms with Crippen molar-refractivity contribution in [1.29, 1.82) is 0 Å². The van der Waals surface area contributed by atoms with Crippen molar-refractivity contribution in [2.45, 2.75) is 82.6 Å². The van der Waals surface area contributed by atoms with Gasteiger partial charge in [-0.15, -0.1) is 13.2 Å². The number of benzene rings is 3. The summed E-state index contributed by atoms with van der Waals surface area (Å²) in [5.41, 5.74) is 3.60. The fourth-order valence-corrected chi connectivity index (χ4v) is 6.27. The van der Waals surface area contributed by atoms with E-state index >= 15 is 4.39 Å². The van der Waals surface area contributed by atoms with Crippen molar-refractivity contribution in [2.24, 2.45) is 11.8 Å². The largest absolute Gasteiger partial charge is 0.573 e. The van der Waals surface area contributed by atoms with Crippen LogP contribution in [0.25, 0.3) is 11.1 Å². The molecule has 0 heterocycles. The molecule has 0 bridgehead atoms. The molecule has 2 fully saturated rings. The summed E-state index contributed by atoms with van der Waals surface area (Å²) in [6.45, 7) is 2.30. The summed E-state index contributed by atoms with van der Waals surface area (Å²) >= 11 is 0. The molecule has 3 aromatic rings. The Bertz CT molecular complexity index is 1290. The first-order valence-electron chi connectivity index (χ1n) is 14.3. The number of hydrogen-bond donors (Lipinski definition) is 0. The highest BCUT2D eigenvalue weighted by molar-refractivity contribution is 5.64. The number of rotatable bonds is 7. The van der Waals surface area contributed by atoms with Gasteiger partial charge in [0.15, 0.2) is 0 Å². The zero-order valence-corrected chi connectivity index (χ0v) is 22.9. The molecule has 2 nitrogen and oxygen atoms in total. The van der Waals surface area contributed by atoms with E-state index in [0.717, 1.165) is 41.3 Å². The highest BCUT2D eigenvalue weighted by Crippen LogP contribution is 2.44. The number of ether oxygens (including phenoxy) is 2.